The van der Waals surface area contributed by atoms with Crippen LogP contribution in [0.25, 0.3) is 11.1 Å². The number of methoxy groups -OCH3 is 1. The molecule has 0 aliphatic rings. The molecule has 0 aliphatic carbocycles. The van der Waals surface area contributed by atoms with E-state index in [2.05, 4.69) is 6.07 Å². The summed E-state index contributed by atoms with van der Waals surface area (Å²) in [7, 11) is 1.58. The van der Waals surface area contributed by atoms with Crippen molar-refractivity contribution in [3.8, 4) is 22.9 Å². The standard InChI is InChI=1S/C15H12FNO/c1-10-7-12(9-17)14(8-15(10)16)11-3-5-13(18-2)6-4-11/h3-8H,1-2H3. The molecule has 2 rings (SSSR count). The van der Waals surface area contributed by atoms with Gasteiger partial charge in [-0.1, -0.05) is 12.1 Å². The lowest BCUT2D eigenvalue weighted by molar-refractivity contribution is 0.415. The van der Waals surface area contributed by atoms with Crippen molar-refractivity contribution < 1.29 is 9.13 Å². The van der Waals surface area contributed by atoms with Crippen LogP contribution in [0.15, 0.2) is 36.4 Å². The van der Waals surface area contributed by atoms with E-state index >= 15 is 0 Å². The first kappa shape index (κ1) is 12.1. The van der Waals surface area contributed by atoms with Crippen LogP contribution < -0.4 is 4.74 Å². The summed E-state index contributed by atoms with van der Waals surface area (Å²) in [5.74, 6) is 0.421. The second kappa shape index (κ2) is 4.89. The van der Waals surface area contributed by atoms with Crippen LogP contribution in [0.1, 0.15) is 11.1 Å². The zero-order valence-corrected chi connectivity index (χ0v) is 10.2. The Labute approximate surface area is 105 Å². The van der Waals surface area contributed by atoms with E-state index in [1.807, 2.05) is 12.1 Å². The molecule has 0 saturated heterocycles. The summed E-state index contributed by atoms with van der Waals surface area (Å²) in [5.41, 5.74) is 2.34. The Balaban J connectivity index is 2.56. The van der Waals surface area contributed by atoms with Gasteiger partial charge in [-0.2, -0.15) is 5.26 Å². The fourth-order valence-corrected chi connectivity index (χ4v) is 1.78. The van der Waals surface area contributed by atoms with Gasteiger partial charge in [0, 0.05) is 5.56 Å². The molecule has 0 N–H and O–H groups in total. The third-order valence-corrected chi connectivity index (χ3v) is 2.82. The van der Waals surface area contributed by atoms with Crippen molar-refractivity contribution in [3.05, 3.63) is 53.3 Å². The molecule has 0 bridgehead atoms. The van der Waals surface area contributed by atoms with Gasteiger partial charge in [-0.05, 0) is 42.3 Å². The van der Waals surface area contributed by atoms with E-state index < -0.39 is 0 Å². The summed E-state index contributed by atoms with van der Waals surface area (Å²) in [4.78, 5) is 0. The summed E-state index contributed by atoms with van der Waals surface area (Å²) < 4.78 is 18.7. The van der Waals surface area contributed by atoms with Crippen LogP contribution in [0.5, 0.6) is 5.75 Å². The molecule has 3 heteroatoms. The van der Waals surface area contributed by atoms with Crippen molar-refractivity contribution in [1.82, 2.24) is 0 Å². The Morgan fingerprint density at radius 1 is 1.17 bits per heavy atom. The van der Waals surface area contributed by atoms with E-state index in [-0.39, 0.29) is 5.82 Å². The molecule has 0 amide bonds. The number of rotatable bonds is 2. The predicted octanol–water partition coefficient (Wildman–Crippen LogP) is 3.68. The van der Waals surface area contributed by atoms with E-state index in [0.29, 0.717) is 16.7 Å². The molecule has 0 unspecified atom stereocenters. The second-order valence-electron chi connectivity index (χ2n) is 3.99. The summed E-state index contributed by atoms with van der Waals surface area (Å²) in [6, 6.07) is 12.2. The maximum absolute atomic E-state index is 13.6. The third-order valence-electron chi connectivity index (χ3n) is 2.82. The number of hydrogen-bond acceptors (Lipinski definition) is 2. The average molecular weight is 241 g/mol. The number of nitrogens with zero attached hydrogens (tertiary/aromatic N) is 1. The molecule has 2 nitrogen and oxygen atoms in total. The number of nitriles is 1. The highest BCUT2D eigenvalue weighted by Crippen LogP contribution is 2.27. The molecule has 0 aromatic heterocycles. The van der Waals surface area contributed by atoms with Crippen molar-refractivity contribution in [2.75, 3.05) is 7.11 Å². The van der Waals surface area contributed by atoms with Gasteiger partial charge < -0.3 is 4.74 Å². The molecule has 2 aromatic carbocycles. The molecule has 0 saturated carbocycles. The van der Waals surface area contributed by atoms with E-state index in [9.17, 15) is 4.39 Å². The second-order valence-corrected chi connectivity index (χ2v) is 3.99. The average Bonchev–Trinajstić information content (AvgIpc) is 2.41. The Bertz CT molecular complexity index is 612. The van der Waals surface area contributed by atoms with Gasteiger partial charge >= 0.3 is 0 Å². The summed E-state index contributed by atoms with van der Waals surface area (Å²) >= 11 is 0. The van der Waals surface area contributed by atoms with E-state index in [1.54, 1.807) is 32.2 Å². The highest BCUT2D eigenvalue weighted by Gasteiger charge is 2.09. The van der Waals surface area contributed by atoms with Crippen LogP contribution in [0.3, 0.4) is 0 Å². The van der Waals surface area contributed by atoms with Gasteiger partial charge in [0.15, 0.2) is 0 Å². The Hall–Kier alpha value is -2.34. The highest BCUT2D eigenvalue weighted by molar-refractivity contribution is 5.71. The zero-order chi connectivity index (χ0) is 13.1. The monoisotopic (exact) mass is 241 g/mol. The quantitative estimate of drug-likeness (QED) is 0.803. The smallest absolute Gasteiger partial charge is 0.126 e. The van der Waals surface area contributed by atoms with Crippen molar-refractivity contribution in [1.29, 1.82) is 5.26 Å². The lowest BCUT2D eigenvalue weighted by Crippen LogP contribution is -1.91. The van der Waals surface area contributed by atoms with Gasteiger partial charge in [0.05, 0.1) is 18.7 Å². The fraction of sp³-hybridized carbons (Fsp3) is 0.133. The lowest BCUT2D eigenvalue weighted by Gasteiger charge is -2.07. The van der Waals surface area contributed by atoms with Gasteiger partial charge in [0.25, 0.3) is 0 Å². The largest absolute Gasteiger partial charge is 0.497 e. The number of halogens is 1. The van der Waals surface area contributed by atoms with E-state index in [0.717, 1.165) is 11.3 Å². The van der Waals surface area contributed by atoms with Crippen molar-refractivity contribution in [2.24, 2.45) is 0 Å². The van der Waals surface area contributed by atoms with Gasteiger partial charge in [-0.3, -0.25) is 0 Å². The maximum Gasteiger partial charge on any atom is 0.126 e. The number of benzene rings is 2. The molecule has 18 heavy (non-hydrogen) atoms. The first-order chi connectivity index (χ1) is 8.65. The minimum absolute atomic E-state index is 0.306. The summed E-state index contributed by atoms with van der Waals surface area (Å²) in [6.45, 7) is 1.65. The normalized spacial score (nSPS) is 9.89. The maximum atomic E-state index is 13.6. The number of aryl methyl sites for hydroxylation is 1. The number of ether oxygens (including phenoxy) is 1. The predicted molar refractivity (Wildman–Crippen MR) is 67.8 cm³/mol. The van der Waals surface area contributed by atoms with Crippen molar-refractivity contribution in [3.63, 3.8) is 0 Å². The van der Waals surface area contributed by atoms with Crippen LogP contribution in [0.2, 0.25) is 0 Å². The van der Waals surface area contributed by atoms with E-state index in [1.165, 1.54) is 6.07 Å². The Morgan fingerprint density at radius 2 is 1.83 bits per heavy atom. The van der Waals surface area contributed by atoms with Crippen molar-refractivity contribution >= 4 is 0 Å². The molecular weight excluding hydrogens is 229 g/mol. The summed E-state index contributed by atoms with van der Waals surface area (Å²) in [5, 5.41) is 9.10. The van der Waals surface area contributed by atoms with Crippen LogP contribution in [-0.2, 0) is 0 Å². The van der Waals surface area contributed by atoms with Crippen LogP contribution in [-0.4, -0.2) is 7.11 Å². The fourth-order valence-electron chi connectivity index (χ4n) is 1.78. The molecule has 0 atom stereocenters. The van der Waals surface area contributed by atoms with Crippen LogP contribution in [0, 0.1) is 24.1 Å². The third kappa shape index (κ3) is 2.18. The van der Waals surface area contributed by atoms with Gasteiger partial charge in [-0.25, -0.2) is 4.39 Å². The molecule has 0 fully saturated rings. The molecule has 0 aliphatic heterocycles. The Morgan fingerprint density at radius 3 is 2.39 bits per heavy atom. The molecule has 2 aromatic rings. The van der Waals surface area contributed by atoms with Gasteiger partial charge in [0.2, 0.25) is 0 Å². The molecular formula is C15H12FNO. The van der Waals surface area contributed by atoms with Crippen molar-refractivity contribution in [2.45, 2.75) is 6.92 Å². The van der Waals surface area contributed by atoms with Gasteiger partial charge in [-0.15, -0.1) is 0 Å². The molecule has 0 spiro atoms. The first-order valence-corrected chi connectivity index (χ1v) is 5.50. The van der Waals surface area contributed by atoms with Crippen LogP contribution >= 0.6 is 0 Å². The lowest BCUT2D eigenvalue weighted by atomic mass is 9.98. The minimum atomic E-state index is -0.306. The minimum Gasteiger partial charge on any atom is -0.497 e. The highest BCUT2D eigenvalue weighted by atomic mass is 19.1. The SMILES string of the molecule is COc1ccc(-c2cc(F)c(C)cc2C#N)cc1. The van der Waals surface area contributed by atoms with Gasteiger partial charge in [0.1, 0.15) is 11.6 Å². The summed E-state index contributed by atoms with van der Waals surface area (Å²) in [6.07, 6.45) is 0. The van der Waals surface area contributed by atoms with E-state index in [4.69, 9.17) is 10.00 Å². The topological polar surface area (TPSA) is 33.0 Å². The number of hydrogen-bond donors (Lipinski definition) is 0. The van der Waals surface area contributed by atoms with Crippen LogP contribution in [0.4, 0.5) is 4.39 Å². The first-order valence-electron chi connectivity index (χ1n) is 5.50. The zero-order valence-electron chi connectivity index (χ0n) is 10.2. The Kier molecular flexibility index (Phi) is 3.29. The molecule has 0 radical (unpaired) electrons. The molecule has 90 valence electrons. The molecule has 0 heterocycles.